The second kappa shape index (κ2) is 5.82. The van der Waals surface area contributed by atoms with Crippen LogP contribution < -0.4 is 5.73 Å². The first kappa shape index (κ1) is 12.1. The van der Waals surface area contributed by atoms with Gasteiger partial charge < -0.3 is 10.8 Å². The molecule has 0 amide bonds. The molecule has 3 N–H and O–H groups in total. The summed E-state index contributed by atoms with van der Waals surface area (Å²) in [6.07, 6.45) is 4.31. The Balaban J connectivity index is 2.36. The number of rotatable bonds is 6. The van der Waals surface area contributed by atoms with Crippen molar-refractivity contribution in [2.75, 3.05) is 0 Å². The van der Waals surface area contributed by atoms with Crippen LogP contribution in [-0.2, 0) is 17.6 Å². The molecular weight excluding hydrogens is 212 g/mol. The number of hydrogen-bond donors (Lipinski definition) is 2. The van der Waals surface area contributed by atoms with Crippen LogP contribution in [0.15, 0.2) is 6.20 Å². The molecule has 0 aliphatic rings. The first-order valence-electron chi connectivity index (χ1n) is 4.99. The molecule has 0 unspecified atom stereocenters. The number of carboxylic acids is 1. The lowest BCUT2D eigenvalue weighted by atomic mass is 10.2. The molecule has 1 atom stereocenters. The number of carboxylic acid groups (broad SMARTS) is 1. The normalized spacial score (nSPS) is 12.7. The monoisotopic (exact) mass is 228 g/mol. The van der Waals surface area contributed by atoms with Crippen molar-refractivity contribution in [3.8, 4) is 0 Å². The van der Waals surface area contributed by atoms with Crippen molar-refractivity contribution in [3.05, 3.63) is 16.1 Å². The van der Waals surface area contributed by atoms with Crippen LogP contribution in [-0.4, -0.2) is 22.1 Å². The topological polar surface area (TPSA) is 76.2 Å². The maximum atomic E-state index is 10.3. The zero-order valence-electron chi connectivity index (χ0n) is 8.77. The molecule has 0 fully saturated rings. The minimum absolute atomic E-state index is 0.128. The van der Waals surface area contributed by atoms with E-state index in [9.17, 15) is 4.79 Å². The fraction of sp³-hybridized carbons (Fsp3) is 0.600. The molecule has 0 aromatic carbocycles. The summed E-state index contributed by atoms with van der Waals surface area (Å²) >= 11 is 1.63. The number of aromatic nitrogens is 1. The van der Waals surface area contributed by atoms with E-state index in [1.807, 2.05) is 13.1 Å². The van der Waals surface area contributed by atoms with Crippen LogP contribution in [0.3, 0.4) is 0 Å². The Labute approximate surface area is 93.1 Å². The lowest BCUT2D eigenvalue weighted by Gasteiger charge is -1.98. The first-order chi connectivity index (χ1) is 7.08. The number of nitrogens with two attached hydrogens (primary N) is 1. The molecule has 0 radical (unpaired) electrons. The summed E-state index contributed by atoms with van der Waals surface area (Å²) in [6, 6.07) is 0.128. The number of thiazole rings is 1. The van der Waals surface area contributed by atoms with Crippen molar-refractivity contribution in [2.45, 2.75) is 38.6 Å². The minimum atomic E-state index is -0.740. The molecule has 1 heterocycles. The van der Waals surface area contributed by atoms with Gasteiger partial charge in [-0.25, -0.2) is 4.98 Å². The van der Waals surface area contributed by atoms with Gasteiger partial charge in [0.2, 0.25) is 0 Å². The first-order valence-corrected chi connectivity index (χ1v) is 5.80. The average molecular weight is 228 g/mol. The molecule has 1 rings (SSSR count). The third-order valence-electron chi connectivity index (χ3n) is 1.91. The Kier molecular flexibility index (Phi) is 4.71. The fourth-order valence-corrected chi connectivity index (χ4v) is 2.35. The molecule has 0 aliphatic heterocycles. The van der Waals surface area contributed by atoms with Crippen molar-refractivity contribution in [1.82, 2.24) is 4.98 Å². The molecule has 15 heavy (non-hydrogen) atoms. The van der Waals surface area contributed by atoms with Gasteiger partial charge in [0.25, 0.3) is 0 Å². The Hall–Kier alpha value is -0.940. The van der Waals surface area contributed by atoms with Crippen molar-refractivity contribution in [3.63, 3.8) is 0 Å². The average Bonchev–Trinajstić information content (AvgIpc) is 2.50. The highest BCUT2D eigenvalue weighted by Gasteiger charge is 2.05. The van der Waals surface area contributed by atoms with E-state index >= 15 is 0 Å². The van der Waals surface area contributed by atoms with Crippen molar-refractivity contribution in [1.29, 1.82) is 0 Å². The molecule has 0 spiro atoms. The molecule has 0 saturated carbocycles. The van der Waals surface area contributed by atoms with E-state index in [0.717, 1.165) is 22.7 Å². The SMILES string of the molecule is C[C@@H](N)Cc1ncc(CCCC(=O)O)s1. The van der Waals surface area contributed by atoms with Crippen molar-refractivity contribution >= 4 is 17.3 Å². The molecule has 0 saturated heterocycles. The van der Waals surface area contributed by atoms with Gasteiger partial charge in [-0.2, -0.15) is 0 Å². The number of carbonyl (C=O) groups is 1. The van der Waals surface area contributed by atoms with Crippen LogP contribution in [0.1, 0.15) is 29.7 Å². The van der Waals surface area contributed by atoms with Crippen LogP contribution in [0.2, 0.25) is 0 Å². The van der Waals surface area contributed by atoms with Crippen molar-refractivity contribution in [2.24, 2.45) is 5.73 Å². The summed E-state index contributed by atoms with van der Waals surface area (Å²) in [7, 11) is 0. The highest BCUT2D eigenvalue weighted by atomic mass is 32.1. The molecular formula is C10H16N2O2S. The number of nitrogens with zero attached hydrogens (tertiary/aromatic N) is 1. The summed E-state index contributed by atoms with van der Waals surface area (Å²) in [6.45, 7) is 1.95. The summed E-state index contributed by atoms with van der Waals surface area (Å²) in [5.41, 5.74) is 5.66. The quantitative estimate of drug-likeness (QED) is 0.772. The zero-order chi connectivity index (χ0) is 11.3. The smallest absolute Gasteiger partial charge is 0.303 e. The van der Waals surface area contributed by atoms with Gasteiger partial charge in [-0.1, -0.05) is 0 Å². The molecule has 84 valence electrons. The third kappa shape index (κ3) is 4.90. The lowest BCUT2D eigenvalue weighted by molar-refractivity contribution is -0.137. The molecule has 0 bridgehead atoms. The summed E-state index contributed by atoms with van der Waals surface area (Å²) in [4.78, 5) is 15.7. The van der Waals surface area contributed by atoms with E-state index in [0.29, 0.717) is 6.42 Å². The number of hydrogen-bond acceptors (Lipinski definition) is 4. The number of aryl methyl sites for hydroxylation is 1. The third-order valence-corrected chi connectivity index (χ3v) is 2.99. The molecule has 0 aliphatic carbocycles. The summed E-state index contributed by atoms with van der Waals surface area (Å²) in [5, 5.41) is 9.52. The molecule has 4 nitrogen and oxygen atoms in total. The van der Waals surface area contributed by atoms with E-state index in [2.05, 4.69) is 4.98 Å². The van der Waals surface area contributed by atoms with E-state index in [-0.39, 0.29) is 12.5 Å². The predicted octanol–water partition coefficient (Wildman–Crippen LogP) is 1.44. The second-order valence-electron chi connectivity index (χ2n) is 3.65. The number of aliphatic carboxylic acids is 1. The second-order valence-corrected chi connectivity index (χ2v) is 4.85. The van der Waals surface area contributed by atoms with Crippen LogP contribution in [0.4, 0.5) is 0 Å². The van der Waals surface area contributed by atoms with Gasteiger partial charge in [0, 0.05) is 30.0 Å². The van der Waals surface area contributed by atoms with Gasteiger partial charge in [0.15, 0.2) is 0 Å². The van der Waals surface area contributed by atoms with Crippen LogP contribution in [0, 0.1) is 0 Å². The van der Waals surface area contributed by atoms with Gasteiger partial charge in [-0.3, -0.25) is 4.79 Å². The van der Waals surface area contributed by atoms with Crippen LogP contribution in [0.25, 0.3) is 0 Å². The highest BCUT2D eigenvalue weighted by molar-refractivity contribution is 7.11. The fourth-order valence-electron chi connectivity index (χ4n) is 1.25. The van der Waals surface area contributed by atoms with E-state index in [4.69, 9.17) is 10.8 Å². The Morgan fingerprint density at radius 3 is 3.07 bits per heavy atom. The maximum absolute atomic E-state index is 10.3. The molecule has 5 heteroatoms. The predicted molar refractivity (Wildman–Crippen MR) is 60.0 cm³/mol. The van der Waals surface area contributed by atoms with Gasteiger partial charge in [0.05, 0.1) is 5.01 Å². The Morgan fingerprint density at radius 2 is 2.47 bits per heavy atom. The maximum Gasteiger partial charge on any atom is 0.303 e. The minimum Gasteiger partial charge on any atom is -0.481 e. The zero-order valence-corrected chi connectivity index (χ0v) is 9.59. The van der Waals surface area contributed by atoms with Gasteiger partial charge in [0.1, 0.15) is 0 Å². The summed E-state index contributed by atoms with van der Waals surface area (Å²) < 4.78 is 0. The molecule has 1 aromatic heterocycles. The van der Waals surface area contributed by atoms with Gasteiger partial charge in [-0.15, -0.1) is 11.3 Å². The van der Waals surface area contributed by atoms with E-state index in [1.54, 1.807) is 11.3 Å². The van der Waals surface area contributed by atoms with E-state index in [1.165, 1.54) is 0 Å². The van der Waals surface area contributed by atoms with Gasteiger partial charge >= 0.3 is 5.97 Å². The lowest BCUT2D eigenvalue weighted by Crippen LogP contribution is -2.17. The molecule has 1 aromatic rings. The van der Waals surface area contributed by atoms with E-state index < -0.39 is 5.97 Å². The summed E-state index contributed by atoms with van der Waals surface area (Å²) in [5.74, 6) is -0.740. The highest BCUT2D eigenvalue weighted by Crippen LogP contribution is 2.16. The van der Waals surface area contributed by atoms with Crippen LogP contribution >= 0.6 is 11.3 Å². The van der Waals surface area contributed by atoms with Crippen molar-refractivity contribution < 1.29 is 9.90 Å². The van der Waals surface area contributed by atoms with Gasteiger partial charge in [-0.05, 0) is 19.8 Å². The Morgan fingerprint density at radius 1 is 1.73 bits per heavy atom. The Bertz CT molecular complexity index is 323. The standard InChI is InChI=1S/C10H16N2O2S/c1-7(11)5-9-12-6-8(15-9)3-2-4-10(13)14/h6-7H,2-5,11H2,1H3,(H,13,14)/t7-/m1/s1. The largest absolute Gasteiger partial charge is 0.481 e. The van der Waals surface area contributed by atoms with Crippen LogP contribution in [0.5, 0.6) is 0 Å².